The van der Waals surface area contributed by atoms with Gasteiger partial charge in [0.15, 0.2) is 0 Å². The third kappa shape index (κ3) is 9.75. The molecule has 1 aromatic heterocycles. The quantitative estimate of drug-likeness (QED) is 0.340. The van der Waals surface area contributed by atoms with Crippen LogP contribution in [0.3, 0.4) is 0 Å². The molecule has 3 rings (SSSR count). The third-order valence-corrected chi connectivity index (χ3v) is 7.87. The van der Waals surface area contributed by atoms with Gasteiger partial charge in [0.2, 0.25) is 11.8 Å². The van der Waals surface area contributed by atoms with Crippen LogP contribution in [0.1, 0.15) is 83.6 Å². The van der Waals surface area contributed by atoms with Crippen LogP contribution in [-0.2, 0) is 16.0 Å². The van der Waals surface area contributed by atoms with Crippen molar-refractivity contribution in [3.63, 3.8) is 0 Å². The van der Waals surface area contributed by atoms with Crippen molar-refractivity contribution in [3.8, 4) is 0 Å². The second-order valence-electron chi connectivity index (χ2n) is 11.2. The first-order valence-electron chi connectivity index (χ1n) is 14.0. The number of hydrogen-bond donors (Lipinski definition) is 5. The number of benzene rings is 1. The van der Waals surface area contributed by atoms with E-state index in [0.717, 1.165) is 17.5 Å². The van der Waals surface area contributed by atoms with Gasteiger partial charge < -0.3 is 31.7 Å². The fourth-order valence-electron chi connectivity index (χ4n) is 4.70. The standard InChI is InChI=1S/C29H42N6O5S.ClH/c1-16(2)11-22(30)28-33-23(15-41-28)29(40)35-13-18(4)32-27(39)25(19(5)36)34-26(38)21-9-8-17(3)20(12-21)7-6-10-31-24(37)14-35;/h8-9,12,15-16,18-19,22,25,36H,6-7,10-11,13-14,30H2,1-5H3,(H,31,37)(H,32,39)(H,34,38);1H/t18-,19-,22+,25+;/m1./s1. The lowest BCUT2D eigenvalue weighted by Gasteiger charge is -2.27. The van der Waals surface area contributed by atoms with Crippen molar-refractivity contribution in [2.75, 3.05) is 19.6 Å². The van der Waals surface area contributed by atoms with Crippen LogP contribution >= 0.6 is 23.7 Å². The predicted octanol–water partition coefficient (Wildman–Crippen LogP) is 2.11. The number of nitrogens with one attached hydrogen (secondary N) is 3. The molecule has 1 aliphatic rings. The van der Waals surface area contributed by atoms with Gasteiger partial charge >= 0.3 is 0 Å². The van der Waals surface area contributed by atoms with Crippen molar-refractivity contribution in [2.45, 2.75) is 78.1 Å². The zero-order chi connectivity index (χ0) is 30.3. The molecule has 0 fully saturated rings. The second-order valence-corrected chi connectivity index (χ2v) is 12.1. The lowest BCUT2D eigenvalue weighted by Crippen LogP contribution is -2.56. The van der Waals surface area contributed by atoms with Crippen molar-refractivity contribution >= 4 is 47.4 Å². The number of nitrogens with zero attached hydrogens (tertiary/aromatic N) is 2. The molecule has 4 amide bonds. The fraction of sp³-hybridized carbons (Fsp3) is 0.552. The van der Waals surface area contributed by atoms with Crippen LogP contribution < -0.4 is 21.7 Å². The van der Waals surface area contributed by atoms with Crippen LogP contribution in [0.2, 0.25) is 0 Å². The number of carbonyl (C=O) groups is 4. The van der Waals surface area contributed by atoms with Crippen molar-refractivity contribution < 1.29 is 24.3 Å². The molecule has 0 aliphatic carbocycles. The van der Waals surface area contributed by atoms with Gasteiger partial charge in [-0.25, -0.2) is 4.98 Å². The van der Waals surface area contributed by atoms with Gasteiger partial charge in [0.25, 0.3) is 11.8 Å². The topological polar surface area (TPSA) is 167 Å². The van der Waals surface area contributed by atoms with E-state index >= 15 is 0 Å². The maximum Gasteiger partial charge on any atom is 0.273 e. The number of aromatic nitrogens is 1. The molecular formula is C29H43ClN6O5S. The minimum absolute atomic E-state index is 0. The van der Waals surface area contributed by atoms with Gasteiger partial charge in [-0.05, 0) is 69.2 Å². The first-order valence-corrected chi connectivity index (χ1v) is 14.9. The Morgan fingerprint density at radius 1 is 1.21 bits per heavy atom. The first kappa shape index (κ1) is 35.1. The molecule has 0 saturated heterocycles. The number of halogens is 1. The summed E-state index contributed by atoms with van der Waals surface area (Å²) in [5.41, 5.74) is 8.76. The highest BCUT2D eigenvalue weighted by molar-refractivity contribution is 7.09. The molecule has 232 valence electrons. The molecule has 0 spiro atoms. The maximum absolute atomic E-state index is 13.5. The molecule has 6 N–H and O–H groups in total. The monoisotopic (exact) mass is 622 g/mol. The van der Waals surface area contributed by atoms with Crippen LogP contribution in [0.5, 0.6) is 0 Å². The highest BCUT2D eigenvalue weighted by Crippen LogP contribution is 2.23. The molecule has 1 aromatic carbocycles. The molecule has 2 bridgehead atoms. The third-order valence-electron chi connectivity index (χ3n) is 6.90. The fourth-order valence-corrected chi connectivity index (χ4v) is 5.51. The molecule has 0 saturated carbocycles. The lowest BCUT2D eigenvalue weighted by atomic mass is 10.00. The normalized spacial score (nSPS) is 20.5. The van der Waals surface area contributed by atoms with E-state index in [4.69, 9.17) is 5.73 Å². The highest BCUT2D eigenvalue weighted by atomic mass is 35.5. The SMILES string of the molecule is Cc1ccc2cc1CCCNC(=O)CN(C(=O)c1csc([C@@H](N)CC(C)C)n1)C[C@@H](C)NC(=O)[C@H]([C@@H](C)O)NC2=O.Cl. The van der Waals surface area contributed by atoms with Crippen LogP contribution in [0.4, 0.5) is 0 Å². The zero-order valence-corrected chi connectivity index (χ0v) is 26.4. The Kier molecular flexibility index (Phi) is 13.4. The lowest BCUT2D eigenvalue weighted by molar-refractivity contribution is -0.126. The van der Waals surface area contributed by atoms with Gasteiger partial charge in [-0.15, -0.1) is 23.7 Å². The van der Waals surface area contributed by atoms with Gasteiger partial charge in [-0.3, -0.25) is 19.2 Å². The number of aliphatic hydroxyl groups is 1. The van der Waals surface area contributed by atoms with E-state index in [-0.39, 0.29) is 43.1 Å². The first-order chi connectivity index (χ1) is 19.3. The largest absolute Gasteiger partial charge is 0.391 e. The van der Waals surface area contributed by atoms with Crippen LogP contribution in [-0.4, -0.2) is 76.4 Å². The van der Waals surface area contributed by atoms with Gasteiger partial charge in [0.1, 0.15) is 16.7 Å². The van der Waals surface area contributed by atoms with Crippen molar-refractivity contribution in [2.24, 2.45) is 11.7 Å². The summed E-state index contributed by atoms with van der Waals surface area (Å²) >= 11 is 1.30. The molecule has 0 unspecified atom stereocenters. The van der Waals surface area contributed by atoms with Crippen LogP contribution in [0.15, 0.2) is 23.6 Å². The molecule has 2 aromatic rings. The number of amides is 4. The van der Waals surface area contributed by atoms with E-state index < -0.39 is 35.9 Å². The molecular weight excluding hydrogens is 580 g/mol. The molecule has 1 aliphatic heterocycles. The average Bonchev–Trinajstić information content (AvgIpc) is 3.39. The highest BCUT2D eigenvalue weighted by Gasteiger charge is 2.29. The summed E-state index contributed by atoms with van der Waals surface area (Å²) in [5.74, 6) is -1.51. The van der Waals surface area contributed by atoms with E-state index in [1.165, 1.54) is 23.2 Å². The zero-order valence-electron chi connectivity index (χ0n) is 24.8. The summed E-state index contributed by atoms with van der Waals surface area (Å²) in [6.45, 7) is 9.33. The number of aryl methyl sites for hydroxylation is 2. The van der Waals surface area contributed by atoms with Gasteiger partial charge in [-0.2, -0.15) is 0 Å². The van der Waals surface area contributed by atoms with Crippen LogP contribution in [0, 0.1) is 12.8 Å². The van der Waals surface area contributed by atoms with Gasteiger partial charge in [0.05, 0.1) is 18.7 Å². The van der Waals surface area contributed by atoms with E-state index in [1.807, 2.05) is 13.0 Å². The average molecular weight is 623 g/mol. The smallest absolute Gasteiger partial charge is 0.273 e. The van der Waals surface area contributed by atoms with Gasteiger partial charge in [-0.1, -0.05) is 19.9 Å². The van der Waals surface area contributed by atoms with Crippen LogP contribution in [0.25, 0.3) is 0 Å². The second kappa shape index (κ2) is 16.0. The predicted molar refractivity (Wildman–Crippen MR) is 165 cm³/mol. The van der Waals surface area contributed by atoms with Crippen molar-refractivity contribution in [3.05, 3.63) is 51.0 Å². The van der Waals surface area contributed by atoms with Crippen molar-refractivity contribution in [1.82, 2.24) is 25.8 Å². The summed E-state index contributed by atoms with van der Waals surface area (Å²) < 4.78 is 0. The van der Waals surface area contributed by atoms with E-state index in [0.29, 0.717) is 35.9 Å². The summed E-state index contributed by atoms with van der Waals surface area (Å²) in [7, 11) is 0. The Morgan fingerprint density at radius 3 is 2.60 bits per heavy atom. The molecule has 13 heteroatoms. The Labute approximate surface area is 257 Å². The maximum atomic E-state index is 13.5. The molecule has 0 radical (unpaired) electrons. The molecule has 4 atom stereocenters. The Bertz CT molecular complexity index is 1250. The number of fused-ring (bicyclic) bond motifs is 2. The van der Waals surface area contributed by atoms with Crippen molar-refractivity contribution in [1.29, 1.82) is 0 Å². The Morgan fingerprint density at radius 2 is 1.93 bits per heavy atom. The summed E-state index contributed by atoms with van der Waals surface area (Å²) in [5, 5.41) is 20.9. The summed E-state index contributed by atoms with van der Waals surface area (Å²) in [4.78, 5) is 58.3. The summed E-state index contributed by atoms with van der Waals surface area (Å²) in [6.07, 6.45) is 0.790. The number of hydrogen-bond acceptors (Lipinski definition) is 8. The Hall–Kier alpha value is -3.06. The number of rotatable bonds is 5. The minimum Gasteiger partial charge on any atom is -0.391 e. The summed E-state index contributed by atoms with van der Waals surface area (Å²) in [6, 6.07) is 3.14. The van der Waals surface area contributed by atoms with E-state index in [9.17, 15) is 24.3 Å². The van der Waals surface area contributed by atoms with E-state index in [1.54, 1.807) is 24.4 Å². The number of thiazole rings is 1. The number of carbonyl (C=O) groups excluding carboxylic acids is 4. The van der Waals surface area contributed by atoms with Gasteiger partial charge in [0, 0.05) is 30.1 Å². The number of nitrogens with two attached hydrogens (primary N) is 1. The van der Waals surface area contributed by atoms with E-state index in [2.05, 4.69) is 34.8 Å². The molecule has 2 heterocycles. The molecule has 42 heavy (non-hydrogen) atoms. The number of aliphatic hydroxyl groups excluding tert-OH is 1. The molecule has 11 nitrogen and oxygen atoms in total. The Balaban J connectivity index is 0.00000616. The minimum atomic E-state index is -1.22.